The summed E-state index contributed by atoms with van der Waals surface area (Å²) in [4.78, 5) is 21.9. The number of likely N-dealkylation sites (tertiary alicyclic amines) is 1. The van der Waals surface area contributed by atoms with Gasteiger partial charge in [0.1, 0.15) is 17.1 Å². The molecule has 7 nitrogen and oxygen atoms in total. The summed E-state index contributed by atoms with van der Waals surface area (Å²) in [5.41, 5.74) is 3.98. The number of anilines is 3. The zero-order valence-electron chi connectivity index (χ0n) is 24.4. The van der Waals surface area contributed by atoms with E-state index in [4.69, 9.17) is 4.99 Å². The molecule has 0 aromatic heterocycles. The Kier molecular flexibility index (Phi) is 5.17. The molecule has 216 valence electrons. The highest BCUT2D eigenvalue weighted by Crippen LogP contribution is 2.48. The fourth-order valence-electron chi connectivity index (χ4n) is 8.16. The number of aliphatic hydroxyl groups excluding tert-OH is 1. The molecule has 0 amide bonds. The molecule has 2 fully saturated rings. The molecule has 0 radical (unpaired) electrons. The number of ketones is 1. The van der Waals surface area contributed by atoms with Crippen LogP contribution in [0, 0.1) is 0 Å². The summed E-state index contributed by atoms with van der Waals surface area (Å²) >= 11 is 0. The maximum absolute atomic E-state index is 14.2. The lowest BCUT2D eigenvalue weighted by Gasteiger charge is -2.45. The maximum Gasteiger partial charge on any atom is 0.201 e. The predicted octanol–water partition coefficient (Wildman–Crippen LogP) is 5.66. The zero-order valence-corrected chi connectivity index (χ0v) is 24.4. The van der Waals surface area contributed by atoms with Gasteiger partial charge in [-0.3, -0.25) is 9.79 Å². The Labute approximate surface area is 250 Å². The Hall–Kier alpha value is -4.36. The minimum absolute atomic E-state index is 0.0651. The Balaban J connectivity index is 1.26. The van der Waals surface area contributed by atoms with Crippen molar-refractivity contribution >= 4 is 55.5 Å². The van der Waals surface area contributed by atoms with Crippen LogP contribution in [0.1, 0.15) is 50.5 Å². The number of carbonyl (C=O) groups is 1. The van der Waals surface area contributed by atoms with Crippen molar-refractivity contribution < 1.29 is 9.90 Å². The number of nitrogens with zero attached hydrogens (tertiary/aromatic N) is 2. The van der Waals surface area contributed by atoms with Gasteiger partial charge in [-0.15, -0.1) is 0 Å². The normalized spacial score (nSPS) is 23.0. The van der Waals surface area contributed by atoms with Crippen molar-refractivity contribution in [1.29, 1.82) is 0 Å². The van der Waals surface area contributed by atoms with E-state index >= 15 is 0 Å². The molecular weight excluding hydrogens is 534 g/mol. The minimum atomic E-state index is -0.413. The van der Waals surface area contributed by atoms with Gasteiger partial charge in [0.25, 0.3) is 0 Å². The lowest BCUT2D eigenvalue weighted by atomic mass is 9.79. The van der Waals surface area contributed by atoms with Crippen molar-refractivity contribution in [2.75, 3.05) is 36.1 Å². The molecule has 2 aliphatic carbocycles. The summed E-state index contributed by atoms with van der Waals surface area (Å²) in [6.07, 6.45) is 7.35. The van der Waals surface area contributed by atoms with Crippen molar-refractivity contribution in [3.8, 4) is 0 Å². The number of benzene rings is 4. The Morgan fingerprint density at radius 1 is 0.767 bits per heavy atom. The van der Waals surface area contributed by atoms with Crippen molar-refractivity contribution in [3.63, 3.8) is 0 Å². The van der Waals surface area contributed by atoms with Gasteiger partial charge < -0.3 is 26.0 Å². The lowest BCUT2D eigenvalue weighted by molar-refractivity contribution is -0.109. The van der Waals surface area contributed by atoms with E-state index in [-0.39, 0.29) is 17.2 Å². The van der Waals surface area contributed by atoms with Gasteiger partial charge in [-0.1, -0.05) is 55.0 Å². The third-order valence-corrected chi connectivity index (χ3v) is 10.5. The summed E-state index contributed by atoms with van der Waals surface area (Å²) < 4.78 is 0. The van der Waals surface area contributed by atoms with Crippen LogP contribution in [0.4, 0.5) is 17.1 Å². The highest BCUT2D eigenvalue weighted by molar-refractivity contribution is 6.52. The summed E-state index contributed by atoms with van der Waals surface area (Å²) in [5, 5.41) is 29.0. The summed E-state index contributed by atoms with van der Waals surface area (Å²) in [5.74, 6) is -0.0572. The van der Waals surface area contributed by atoms with Gasteiger partial charge >= 0.3 is 0 Å². The van der Waals surface area contributed by atoms with E-state index in [1.807, 2.05) is 18.2 Å². The molecule has 1 saturated heterocycles. The largest absolute Gasteiger partial charge is 0.506 e. The first-order valence-corrected chi connectivity index (χ1v) is 15.7. The molecule has 4 aromatic carbocycles. The first kappa shape index (κ1) is 25.2. The van der Waals surface area contributed by atoms with E-state index in [0.717, 1.165) is 106 Å². The van der Waals surface area contributed by atoms with Gasteiger partial charge in [0.15, 0.2) is 0 Å². The number of Topliss-reactive ketones (excluding diaryl/α,β-unsaturated/α-hetero) is 1. The van der Waals surface area contributed by atoms with Crippen LogP contribution in [0.3, 0.4) is 0 Å². The molecule has 2 spiro atoms. The fraction of sp³-hybridized carbons (Fsp3) is 0.333. The molecule has 43 heavy (non-hydrogen) atoms. The lowest BCUT2D eigenvalue weighted by Crippen LogP contribution is -2.51. The van der Waals surface area contributed by atoms with E-state index in [2.05, 4.69) is 70.4 Å². The van der Waals surface area contributed by atoms with Gasteiger partial charge in [0, 0.05) is 58.9 Å². The average Bonchev–Trinajstić information content (AvgIpc) is 3.02. The quantitative estimate of drug-likeness (QED) is 0.237. The first-order chi connectivity index (χ1) is 20.9. The smallest absolute Gasteiger partial charge is 0.201 e. The molecule has 5 aliphatic rings. The highest BCUT2D eigenvalue weighted by Gasteiger charge is 2.42. The topological polar surface area (TPSA) is 89.0 Å². The van der Waals surface area contributed by atoms with Crippen molar-refractivity contribution in [1.82, 2.24) is 4.90 Å². The van der Waals surface area contributed by atoms with E-state index in [9.17, 15) is 9.90 Å². The zero-order chi connectivity index (χ0) is 28.9. The third-order valence-electron chi connectivity index (χ3n) is 10.5. The van der Waals surface area contributed by atoms with E-state index in [0.29, 0.717) is 11.1 Å². The van der Waals surface area contributed by atoms with Gasteiger partial charge in [-0.2, -0.15) is 0 Å². The number of rotatable bonds is 1. The number of carbonyl (C=O) groups excluding carboxylic acids is 1. The summed E-state index contributed by atoms with van der Waals surface area (Å²) in [7, 11) is 2.15. The van der Waals surface area contributed by atoms with Crippen LogP contribution in [-0.2, 0) is 4.79 Å². The molecule has 4 N–H and O–H groups in total. The van der Waals surface area contributed by atoms with Gasteiger partial charge in [0.2, 0.25) is 5.78 Å². The number of hydrogen-bond acceptors (Lipinski definition) is 7. The maximum atomic E-state index is 14.2. The highest BCUT2D eigenvalue weighted by atomic mass is 16.3. The van der Waals surface area contributed by atoms with Crippen molar-refractivity contribution in [2.45, 2.75) is 56.3 Å². The van der Waals surface area contributed by atoms with Crippen LogP contribution in [0.5, 0.6) is 0 Å². The van der Waals surface area contributed by atoms with Gasteiger partial charge in [0.05, 0.1) is 22.2 Å². The average molecular weight is 570 g/mol. The number of aliphatic hydroxyl groups is 1. The van der Waals surface area contributed by atoms with Crippen LogP contribution in [0.25, 0.3) is 32.7 Å². The number of hydrogen-bond donors (Lipinski definition) is 4. The predicted molar refractivity (Wildman–Crippen MR) is 173 cm³/mol. The molecule has 3 heterocycles. The molecule has 4 aromatic rings. The molecule has 3 aliphatic heterocycles. The molecular formula is C36H35N5O2. The molecule has 0 unspecified atom stereocenters. The monoisotopic (exact) mass is 569 g/mol. The number of nitrogens with one attached hydrogen (secondary N) is 3. The Morgan fingerprint density at radius 3 is 2.21 bits per heavy atom. The first-order valence-electron chi connectivity index (χ1n) is 15.7. The molecule has 1 saturated carbocycles. The van der Waals surface area contributed by atoms with E-state index in [1.165, 1.54) is 6.42 Å². The van der Waals surface area contributed by atoms with Crippen LogP contribution in [-0.4, -0.2) is 47.3 Å². The number of piperidine rings is 1. The molecule has 0 bridgehead atoms. The van der Waals surface area contributed by atoms with Crippen LogP contribution in [0.2, 0.25) is 0 Å². The number of allylic oxidation sites excluding steroid dienone is 2. The standard InChI is InChI=1S/C36H35N5O2/c1-41-19-17-36(18-20-41)38-26-10-6-8-22-12-14-24(32(40-36)28(22)26)30-33(42)29(34(30)43)23-13-11-21-7-5-9-25-27(21)31(23)39-35(37-25)15-3-2-4-16-35/h5-14,37-39,42H,2-4,15-20H2,1H3. The van der Waals surface area contributed by atoms with Crippen molar-refractivity contribution in [3.05, 3.63) is 82.6 Å². The van der Waals surface area contributed by atoms with E-state index in [1.54, 1.807) is 0 Å². The van der Waals surface area contributed by atoms with E-state index < -0.39 is 5.66 Å². The molecule has 0 atom stereocenters. The Bertz CT molecular complexity index is 2050. The molecule has 7 heteroatoms. The third kappa shape index (κ3) is 3.58. The second kappa shape index (κ2) is 8.83. The summed E-state index contributed by atoms with van der Waals surface area (Å²) in [6, 6.07) is 20.7. The summed E-state index contributed by atoms with van der Waals surface area (Å²) in [6.45, 7) is 1.90. The fourth-order valence-corrected chi connectivity index (χ4v) is 8.16. The Morgan fingerprint density at radius 2 is 1.47 bits per heavy atom. The molecule has 9 rings (SSSR count). The minimum Gasteiger partial charge on any atom is -0.506 e. The van der Waals surface area contributed by atoms with Crippen LogP contribution < -0.4 is 26.5 Å². The second-order valence-electron chi connectivity index (χ2n) is 13.1. The second-order valence-corrected chi connectivity index (χ2v) is 13.1. The van der Waals surface area contributed by atoms with Crippen molar-refractivity contribution in [2.24, 2.45) is 4.99 Å². The van der Waals surface area contributed by atoms with Gasteiger partial charge in [-0.05, 0) is 55.6 Å². The van der Waals surface area contributed by atoms with Crippen LogP contribution >= 0.6 is 0 Å². The SMILES string of the molecule is CN1CCC2(CC1)N=c1c(=C3C(=O)C(c4ccc5cccc6c5c4NC4(CCCCC4)N6)=C3O)ccc3cccc(c13)N2. The van der Waals surface area contributed by atoms with Crippen LogP contribution in [0.15, 0.2) is 71.4 Å². The van der Waals surface area contributed by atoms with Gasteiger partial charge in [-0.25, -0.2) is 0 Å².